The van der Waals surface area contributed by atoms with Crippen molar-refractivity contribution in [1.82, 2.24) is 14.8 Å². The van der Waals surface area contributed by atoms with Gasteiger partial charge in [-0.05, 0) is 12.0 Å². The van der Waals surface area contributed by atoms with E-state index < -0.39 is 0 Å². The molecule has 5 heteroatoms. The topological polar surface area (TPSA) is 52.0 Å². The lowest BCUT2D eigenvalue weighted by Gasteiger charge is -2.12. The first-order chi connectivity index (χ1) is 9.70. The van der Waals surface area contributed by atoms with Gasteiger partial charge in [0, 0.05) is 24.9 Å². The van der Waals surface area contributed by atoms with Gasteiger partial charge < -0.3 is 10.1 Å². The third-order valence-corrected chi connectivity index (χ3v) is 2.99. The Balaban J connectivity index is 2.04. The Kier molecular flexibility index (Phi) is 5.12. The third kappa shape index (κ3) is 3.81. The monoisotopic (exact) mass is 274 g/mol. The molecule has 20 heavy (non-hydrogen) atoms. The third-order valence-electron chi connectivity index (χ3n) is 2.99. The Morgan fingerprint density at radius 1 is 1.30 bits per heavy atom. The molecule has 0 atom stereocenters. The lowest BCUT2D eigenvalue weighted by atomic mass is 10.2. The molecule has 0 amide bonds. The molecule has 1 heterocycles. The number of hydrogen-bond acceptors (Lipinski definition) is 4. The normalized spacial score (nSPS) is 11.0. The average molecular weight is 274 g/mol. The van der Waals surface area contributed by atoms with Gasteiger partial charge in [-0.2, -0.15) is 5.10 Å². The van der Waals surface area contributed by atoms with Crippen LogP contribution < -0.4 is 5.32 Å². The summed E-state index contributed by atoms with van der Waals surface area (Å²) in [6.07, 6.45) is 1.61. The summed E-state index contributed by atoms with van der Waals surface area (Å²) < 4.78 is 7.16. The van der Waals surface area contributed by atoms with E-state index in [9.17, 15) is 0 Å². The highest BCUT2D eigenvalue weighted by atomic mass is 16.5. The molecular weight excluding hydrogens is 252 g/mol. The molecule has 0 saturated carbocycles. The smallest absolute Gasteiger partial charge is 0.146 e. The number of aromatic nitrogens is 3. The van der Waals surface area contributed by atoms with Crippen molar-refractivity contribution in [3.63, 3.8) is 0 Å². The summed E-state index contributed by atoms with van der Waals surface area (Å²) in [6.45, 7) is 6.49. The Labute approximate surface area is 120 Å². The van der Waals surface area contributed by atoms with Crippen LogP contribution in [0.25, 0.3) is 0 Å². The second-order valence-corrected chi connectivity index (χ2v) is 5.20. The fraction of sp³-hybridized carbons (Fsp3) is 0.467. The van der Waals surface area contributed by atoms with E-state index in [0.717, 1.165) is 23.6 Å². The number of hydrogen-bond donors (Lipinski definition) is 1. The molecule has 0 aliphatic carbocycles. The Morgan fingerprint density at radius 2 is 2.10 bits per heavy atom. The molecule has 0 aliphatic heterocycles. The molecule has 0 aliphatic rings. The molecule has 2 rings (SSSR count). The van der Waals surface area contributed by atoms with E-state index in [4.69, 9.17) is 4.74 Å². The first kappa shape index (κ1) is 14.5. The summed E-state index contributed by atoms with van der Waals surface area (Å²) in [6, 6.07) is 8.14. The van der Waals surface area contributed by atoms with E-state index in [1.165, 1.54) is 0 Å². The number of nitrogens with zero attached hydrogens (tertiary/aromatic N) is 3. The maximum atomic E-state index is 5.21. The van der Waals surface area contributed by atoms with Gasteiger partial charge >= 0.3 is 0 Å². The van der Waals surface area contributed by atoms with E-state index in [-0.39, 0.29) is 0 Å². The van der Waals surface area contributed by atoms with Gasteiger partial charge in [0.1, 0.15) is 12.2 Å². The molecule has 5 nitrogen and oxygen atoms in total. The van der Waals surface area contributed by atoms with E-state index in [1.807, 2.05) is 16.8 Å². The SMILES string of the molecule is COCc1ccccc1NCc1ncnn1CC(C)C. The molecule has 0 unspecified atom stereocenters. The number of methoxy groups -OCH3 is 1. The highest BCUT2D eigenvalue weighted by Gasteiger charge is 2.07. The lowest BCUT2D eigenvalue weighted by Crippen LogP contribution is -2.13. The maximum absolute atomic E-state index is 5.21. The molecular formula is C15H22N4O. The summed E-state index contributed by atoms with van der Waals surface area (Å²) in [7, 11) is 1.70. The summed E-state index contributed by atoms with van der Waals surface area (Å²) in [4.78, 5) is 4.32. The van der Waals surface area contributed by atoms with Gasteiger partial charge in [0.05, 0.1) is 13.2 Å². The van der Waals surface area contributed by atoms with Crippen molar-refractivity contribution in [2.75, 3.05) is 12.4 Å². The first-order valence-corrected chi connectivity index (χ1v) is 6.88. The minimum Gasteiger partial charge on any atom is -0.380 e. The van der Waals surface area contributed by atoms with Crippen LogP contribution in [0.4, 0.5) is 5.69 Å². The lowest BCUT2D eigenvalue weighted by molar-refractivity contribution is 0.185. The second-order valence-electron chi connectivity index (χ2n) is 5.20. The predicted molar refractivity (Wildman–Crippen MR) is 79.3 cm³/mol. The molecule has 1 aromatic heterocycles. The minimum absolute atomic E-state index is 0.552. The summed E-state index contributed by atoms with van der Waals surface area (Å²) in [5.74, 6) is 1.50. The predicted octanol–water partition coefficient (Wildman–Crippen LogP) is 2.69. The zero-order chi connectivity index (χ0) is 14.4. The van der Waals surface area contributed by atoms with Crippen LogP contribution in [0, 0.1) is 5.92 Å². The molecule has 1 aromatic carbocycles. The summed E-state index contributed by atoms with van der Waals surface area (Å²) in [5.41, 5.74) is 2.22. The van der Waals surface area contributed by atoms with Gasteiger partial charge in [-0.1, -0.05) is 32.0 Å². The van der Waals surface area contributed by atoms with Gasteiger partial charge in [-0.3, -0.25) is 0 Å². The van der Waals surface area contributed by atoms with Crippen LogP contribution in [-0.2, 0) is 24.4 Å². The van der Waals surface area contributed by atoms with Gasteiger partial charge in [-0.25, -0.2) is 9.67 Å². The van der Waals surface area contributed by atoms with Crippen LogP contribution in [-0.4, -0.2) is 21.9 Å². The zero-order valence-electron chi connectivity index (χ0n) is 12.3. The highest BCUT2D eigenvalue weighted by molar-refractivity contribution is 5.50. The Morgan fingerprint density at radius 3 is 2.85 bits per heavy atom. The van der Waals surface area contributed by atoms with Crippen LogP contribution in [0.1, 0.15) is 25.2 Å². The largest absolute Gasteiger partial charge is 0.380 e. The minimum atomic E-state index is 0.552. The quantitative estimate of drug-likeness (QED) is 0.843. The average Bonchev–Trinajstić information content (AvgIpc) is 2.84. The first-order valence-electron chi connectivity index (χ1n) is 6.88. The standard InChI is InChI=1S/C15H22N4O/c1-12(2)9-19-15(17-11-18-19)8-16-14-7-5-4-6-13(14)10-20-3/h4-7,11-12,16H,8-10H2,1-3H3. The van der Waals surface area contributed by atoms with Gasteiger partial charge in [0.25, 0.3) is 0 Å². The van der Waals surface area contributed by atoms with Crippen molar-refractivity contribution >= 4 is 5.69 Å². The number of nitrogens with one attached hydrogen (secondary N) is 1. The van der Waals surface area contributed by atoms with Crippen molar-refractivity contribution in [2.45, 2.75) is 33.5 Å². The van der Waals surface area contributed by atoms with Gasteiger partial charge in [0.2, 0.25) is 0 Å². The second kappa shape index (κ2) is 7.05. The van der Waals surface area contributed by atoms with E-state index in [2.05, 4.69) is 41.4 Å². The molecule has 0 saturated heterocycles. The number of anilines is 1. The Hall–Kier alpha value is -1.88. The van der Waals surface area contributed by atoms with E-state index >= 15 is 0 Å². The number of rotatable bonds is 7. The van der Waals surface area contributed by atoms with Crippen LogP contribution >= 0.6 is 0 Å². The van der Waals surface area contributed by atoms with E-state index in [1.54, 1.807) is 13.4 Å². The molecule has 2 aromatic rings. The maximum Gasteiger partial charge on any atom is 0.146 e. The van der Waals surface area contributed by atoms with Crippen LogP contribution in [0.15, 0.2) is 30.6 Å². The molecule has 1 N–H and O–H groups in total. The van der Waals surface area contributed by atoms with Crippen LogP contribution in [0.5, 0.6) is 0 Å². The summed E-state index contributed by atoms with van der Waals surface area (Å²) >= 11 is 0. The van der Waals surface area contributed by atoms with Crippen molar-refractivity contribution in [2.24, 2.45) is 5.92 Å². The molecule has 0 fully saturated rings. The van der Waals surface area contributed by atoms with Crippen LogP contribution in [0.2, 0.25) is 0 Å². The number of benzene rings is 1. The fourth-order valence-corrected chi connectivity index (χ4v) is 2.07. The molecule has 0 spiro atoms. The zero-order valence-corrected chi connectivity index (χ0v) is 12.3. The fourth-order valence-electron chi connectivity index (χ4n) is 2.07. The molecule has 0 radical (unpaired) electrons. The van der Waals surface area contributed by atoms with Crippen molar-refractivity contribution in [1.29, 1.82) is 0 Å². The molecule has 108 valence electrons. The highest BCUT2D eigenvalue weighted by Crippen LogP contribution is 2.16. The van der Waals surface area contributed by atoms with Crippen molar-refractivity contribution in [3.05, 3.63) is 42.0 Å². The van der Waals surface area contributed by atoms with Crippen LogP contribution in [0.3, 0.4) is 0 Å². The van der Waals surface area contributed by atoms with Crippen molar-refractivity contribution < 1.29 is 4.74 Å². The van der Waals surface area contributed by atoms with Gasteiger partial charge in [0.15, 0.2) is 0 Å². The number of para-hydroxylation sites is 1. The molecule has 0 bridgehead atoms. The Bertz CT molecular complexity index is 536. The number of ether oxygens (including phenoxy) is 1. The van der Waals surface area contributed by atoms with Crippen molar-refractivity contribution in [3.8, 4) is 0 Å². The van der Waals surface area contributed by atoms with Gasteiger partial charge in [-0.15, -0.1) is 0 Å². The summed E-state index contributed by atoms with van der Waals surface area (Å²) in [5, 5.41) is 7.68. The van der Waals surface area contributed by atoms with E-state index in [0.29, 0.717) is 19.1 Å².